The molecule has 0 aliphatic rings. The van der Waals surface area contributed by atoms with E-state index in [2.05, 4.69) is 10.3 Å². The molecule has 0 aliphatic heterocycles. The van der Waals surface area contributed by atoms with Crippen LogP contribution in [0.25, 0.3) is 0 Å². The van der Waals surface area contributed by atoms with Crippen LogP contribution in [-0.2, 0) is 6.54 Å². The van der Waals surface area contributed by atoms with Crippen LogP contribution in [0.5, 0.6) is 0 Å². The average molecular weight is 248 g/mol. The molecule has 96 valence electrons. The van der Waals surface area contributed by atoms with Crippen molar-refractivity contribution in [2.45, 2.75) is 19.5 Å². The van der Waals surface area contributed by atoms with E-state index in [1.165, 1.54) is 6.07 Å². The lowest BCUT2D eigenvalue weighted by Gasteiger charge is -2.19. The maximum atomic E-state index is 13.6. The number of imidazole rings is 1. The minimum atomic E-state index is -0.279. The maximum absolute atomic E-state index is 13.6. The highest BCUT2D eigenvalue weighted by molar-refractivity contribution is 5.46. The Bertz CT molecular complexity index is 509. The van der Waals surface area contributed by atoms with Gasteiger partial charge in [0, 0.05) is 13.1 Å². The Morgan fingerprint density at radius 1 is 1.44 bits per heavy atom. The van der Waals surface area contributed by atoms with Gasteiger partial charge in [-0.3, -0.25) is 0 Å². The van der Waals surface area contributed by atoms with Crippen LogP contribution in [0.15, 0.2) is 36.8 Å². The summed E-state index contributed by atoms with van der Waals surface area (Å²) < 4.78 is 15.6. The van der Waals surface area contributed by atoms with Crippen LogP contribution in [0.3, 0.4) is 0 Å². The number of anilines is 1. The van der Waals surface area contributed by atoms with Crippen LogP contribution >= 0.6 is 0 Å². The van der Waals surface area contributed by atoms with E-state index in [9.17, 15) is 4.39 Å². The van der Waals surface area contributed by atoms with E-state index in [-0.39, 0.29) is 11.9 Å². The van der Waals surface area contributed by atoms with Gasteiger partial charge < -0.3 is 15.6 Å². The SMILES string of the molecule is CCn1cncc1C(CN)Nc1ccccc1F. The van der Waals surface area contributed by atoms with E-state index < -0.39 is 0 Å². The molecule has 0 amide bonds. The first-order chi connectivity index (χ1) is 8.76. The number of aromatic nitrogens is 2. The lowest BCUT2D eigenvalue weighted by Crippen LogP contribution is -2.23. The van der Waals surface area contributed by atoms with Crippen molar-refractivity contribution in [2.75, 3.05) is 11.9 Å². The number of nitrogens with two attached hydrogens (primary N) is 1. The predicted octanol–water partition coefficient (Wildman–Crippen LogP) is 2.15. The molecule has 5 heteroatoms. The Kier molecular flexibility index (Phi) is 3.94. The Hall–Kier alpha value is -1.88. The quantitative estimate of drug-likeness (QED) is 0.852. The monoisotopic (exact) mass is 248 g/mol. The molecule has 0 saturated heterocycles. The number of nitrogens with zero attached hydrogens (tertiary/aromatic N) is 2. The molecule has 1 aromatic carbocycles. The largest absolute Gasteiger partial charge is 0.373 e. The van der Waals surface area contributed by atoms with Crippen LogP contribution < -0.4 is 11.1 Å². The normalized spacial score (nSPS) is 12.4. The van der Waals surface area contributed by atoms with Gasteiger partial charge in [0.1, 0.15) is 5.82 Å². The molecule has 0 spiro atoms. The highest BCUT2D eigenvalue weighted by atomic mass is 19.1. The fourth-order valence-corrected chi connectivity index (χ4v) is 1.90. The van der Waals surface area contributed by atoms with Crippen molar-refractivity contribution in [1.82, 2.24) is 9.55 Å². The fraction of sp³-hybridized carbons (Fsp3) is 0.308. The number of benzene rings is 1. The topological polar surface area (TPSA) is 55.9 Å². The van der Waals surface area contributed by atoms with Crippen molar-refractivity contribution in [3.05, 3.63) is 48.3 Å². The lowest BCUT2D eigenvalue weighted by atomic mass is 10.2. The third kappa shape index (κ3) is 2.51. The third-order valence-electron chi connectivity index (χ3n) is 2.88. The van der Waals surface area contributed by atoms with Gasteiger partial charge in [0.2, 0.25) is 0 Å². The Morgan fingerprint density at radius 3 is 2.89 bits per heavy atom. The molecule has 1 atom stereocenters. The molecule has 0 radical (unpaired) electrons. The molecule has 0 aliphatic carbocycles. The molecule has 3 N–H and O–H groups in total. The van der Waals surface area contributed by atoms with Crippen LogP contribution in [0.4, 0.5) is 10.1 Å². The molecule has 0 saturated carbocycles. The van der Waals surface area contributed by atoms with E-state index in [1.54, 1.807) is 30.7 Å². The van der Waals surface area contributed by atoms with Crippen molar-refractivity contribution in [1.29, 1.82) is 0 Å². The van der Waals surface area contributed by atoms with Gasteiger partial charge >= 0.3 is 0 Å². The van der Waals surface area contributed by atoms with E-state index in [0.29, 0.717) is 12.2 Å². The molecule has 4 nitrogen and oxygen atoms in total. The minimum Gasteiger partial charge on any atom is -0.373 e. The minimum absolute atomic E-state index is 0.149. The number of halogens is 1. The van der Waals surface area contributed by atoms with Crippen molar-refractivity contribution < 1.29 is 4.39 Å². The maximum Gasteiger partial charge on any atom is 0.146 e. The molecule has 1 unspecified atom stereocenters. The second-order valence-electron chi connectivity index (χ2n) is 4.02. The Morgan fingerprint density at radius 2 is 2.22 bits per heavy atom. The smallest absolute Gasteiger partial charge is 0.146 e. The number of rotatable bonds is 5. The van der Waals surface area contributed by atoms with Gasteiger partial charge in [0.15, 0.2) is 0 Å². The van der Waals surface area contributed by atoms with E-state index in [0.717, 1.165) is 12.2 Å². The van der Waals surface area contributed by atoms with Crippen molar-refractivity contribution in [2.24, 2.45) is 5.73 Å². The summed E-state index contributed by atoms with van der Waals surface area (Å²) >= 11 is 0. The summed E-state index contributed by atoms with van der Waals surface area (Å²) in [6.07, 6.45) is 3.51. The van der Waals surface area contributed by atoms with Gasteiger partial charge in [-0.2, -0.15) is 0 Å². The Labute approximate surface area is 106 Å². The van der Waals surface area contributed by atoms with Crippen LogP contribution in [0, 0.1) is 5.82 Å². The first-order valence-electron chi connectivity index (χ1n) is 5.97. The molecule has 18 heavy (non-hydrogen) atoms. The molecule has 1 aromatic heterocycles. The second kappa shape index (κ2) is 5.64. The average Bonchev–Trinajstić information content (AvgIpc) is 2.86. The van der Waals surface area contributed by atoms with Crippen molar-refractivity contribution in [3.8, 4) is 0 Å². The van der Waals surface area contributed by atoms with Crippen LogP contribution in [0.2, 0.25) is 0 Å². The third-order valence-corrected chi connectivity index (χ3v) is 2.88. The zero-order valence-electron chi connectivity index (χ0n) is 10.3. The van der Waals surface area contributed by atoms with Gasteiger partial charge in [-0.1, -0.05) is 12.1 Å². The molecule has 0 fully saturated rings. The zero-order valence-corrected chi connectivity index (χ0v) is 10.3. The lowest BCUT2D eigenvalue weighted by molar-refractivity contribution is 0.617. The van der Waals surface area contributed by atoms with Crippen LogP contribution in [-0.4, -0.2) is 16.1 Å². The second-order valence-corrected chi connectivity index (χ2v) is 4.02. The van der Waals surface area contributed by atoms with Crippen molar-refractivity contribution in [3.63, 3.8) is 0 Å². The summed E-state index contributed by atoms with van der Waals surface area (Å²) in [7, 11) is 0. The summed E-state index contributed by atoms with van der Waals surface area (Å²) in [5.74, 6) is -0.279. The Balaban J connectivity index is 2.23. The first kappa shape index (κ1) is 12.6. The number of para-hydroxylation sites is 1. The van der Waals surface area contributed by atoms with Gasteiger partial charge in [-0.05, 0) is 19.1 Å². The van der Waals surface area contributed by atoms with Gasteiger partial charge in [0.05, 0.1) is 29.9 Å². The highest BCUT2D eigenvalue weighted by Gasteiger charge is 2.15. The standard InChI is InChI=1S/C13H17FN4/c1-2-18-9-16-8-13(18)12(7-15)17-11-6-4-3-5-10(11)14/h3-6,8-9,12,17H,2,7,15H2,1H3. The summed E-state index contributed by atoms with van der Waals surface area (Å²) in [5.41, 5.74) is 7.18. The van der Waals surface area contributed by atoms with E-state index in [1.807, 2.05) is 11.5 Å². The summed E-state index contributed by atoms with van der Waals surface area (Å²) in [5, 5.41) is 3.11. The highest BCUT2D eigenvalue weighted by Crippen LogP contribution is 2.20. The molecular weight excluding hydrogens is 231 g/mol. The molecule has 2 rings (SSSR count). The number of nitrogens with one attached hydrogen (secondary N) is 1. The predicted molar refractivity (Wildman–Crippen MR) is 69.7 cm³/mol. The molecular formula is C13H17FN4. The van der Waals surface area contributed by atoms with E-state index in [4.69, 9.17) is 5.73 Å². The molecule has 0 bridgehead atoms. The number of hydrogen-bond donors (Lipinski definition) is 2. The number of aryl methyl sites for hydroxylation is 1. The molecule has 2 aromatic rings. The summed E-state index contributed by atoms with van der Waals surface area (Å²) in [6, 6.07) is 6.42. The van der Waals surface area contributed by atoms with Gasteiger partial charge in [-0.15, -0.1) is 0 Å². The van der Waals surface area contributed by atoms with Gasteiger partial charge in [0.25, 0.3) is 0 Å². The van der Waals surface area contributed by atoms with Crippen LogP contribution in [0.1, 0.15) is 18.7 Å². The van der Waals surface area contributed by atoms with Gasteiger partial charge in [-0.25, -0.2) is 9.37 Å². The fourth-order valence-electron chi connectivity index (χ4n) is 1.90. The van der Waals surface area contributed by atoms with E-state index >= 15 is 0 Å². The zero-order chi connectivity index (χ0) is 13.0. The summed E-state index contributed by atoms with van der Waals surface area (Å²) in [6.45, 7) is 3.21. The number of hydrogen-bond acceptors (Lipinski definition) is 3. The first-order valence-corrected chi connectivity index (χ1v) is 5.97. The summed E-state index contributed by atoms with van der Waals surface area (Å²) in [4.78, 5) is 4.10. The van der Waals surface area contributed by atoms with Crippen molar-refractivity contribution >= 4 is 5.69 Å². The molecule has 1 heterocycles.